The SMILES string of the molecule is COc1cccc2c(Nc3cccc(N(C)C)c3)c(C#N)cnc12. The van der Waals surface area contributed by atoms with Crippen LogP contribution in [0.4, 0.5) is 17.1 Å². The van der Waals surface area contributed by atoms with E-state index in [1.54, 1.807) is 13.3 Å². The summed E-state index contributed by atoms with van der Waals surface area (Å²) in [7, 11) is 5.60. The van der Waals surface area contributed by atoms with Gasteiger partial charge in [-0.05, 0) is 24.3 Å². The number of para-hydroxylation sites is 1. The van der Waals surface area contributed by atoms with Gasteiger partial charge in [0.1, 0.15) is 17.3 Å². The van der Waals surface area contributed by atoms with E-state index in [9.17, 15) is 5.26 Å². The van der Waals surface area contributed by atoms with Crippen LogP contribution < -0.4 is 15.0 Å². The van der Waals surface area contributed by atoms with Crippen molar-refractivity contribution >= 4 is 28.0 Å². The van der Waals surface area contributed by atoms with Crippen LogP contribution in [0.15, 0.2) is 48.7 Å². The molecule has 0 atom stereocenters. The molecule has 0 aliphatic carbocycles. The average molecular weight is 318 g/mol. The first-order valence-electron chi connectivity index (χ1n) is 7.54. The van der Waals surface area contributed by atoms with Gasteiger partial charge in [0.25, 0.3) is 0 Å². The molecule has 1 N–H and O–H groups in total. The lowest BCUT2D eigenvalue weighted by Crippen LogP contribution is -2.08. The molecule has 3 aromatic rings. The molecule has 0 amide bonds. The second-order valence-electron chi connectivity index (χ2n) is 5.58. The number of nitrogens with one attached hydrogen (secondary N) is 1. The van der Waals surface area contributed by atoms with Gasteiger partial charge in [0.05, 0.1) is 18.4 Å². The highest BCUT2D eigenvalue weighted by molar-refractivity contribution is 5.98. The predicted octanol–water partition coefficient (Wildman–Crippen LogP) is 3.92. The van der Waals surface area contributed by atoms with Crippen molar-refractivity contribution in [2.24, 2.45) is 0 Å². The van der Waals surface area contributed by atoms with Crippen LogP contribution in [-0.4, -0.2) is 26.2 Å². The summed E-state index contributed by atoms with van der Waals surface area (Å²) < 4.78 is 5.38. The number of methoxy groups -OCH3 is 1. The molecule has 0 radical (unpaired) electrons. The highest BCUT2D eigenvalue weighted by Gasteiger charge is 2.12. The molecule has 0 aliphatic heterocycles. The molecule has 0 spiro atoms. The maximum atomic E-state index is 9.46. The summed E-state index contributed by atoms with van der Waals surface area (Å²) in [5.74, 6) is 0.682. The van der Waals surface area contributed by atoms with Crippen LogP contribution in [0.2, 0.25) is 0 Å². The molecule has 1 aromatic heterocycles. The fourth-order valence-electron chi connectivity index (χ4n) is 2.59. The number of ether oxygens (including phenoxy) is 1. The van der Waals surface area contributed by atoms with Gasteiger partial charge in [-0.25, -0.2) is 0 Å². The van der Waals surface area contributed by atoms with Gasteiger partial charge < -0.3 is 15.0 Å². The molecule has 0 saturated heterocycles. The number of nitriles is 1. The zero-order valence-electron chi connectivity index (χ0n) is 13.9. The molecular weight excluding hydrogens is 300 g/mol. The van der Waals surface area contributed by atoms with Crippen LogP contribution in [0.25, 0.3) is 10.9 Å². The molecule has 2 aromatic carbocycles. The Morgan fingerprint density at radius 3 is 2.67 bits per heavy atom. The van der Waals surface area contributed by atoms with Crippen molar-refractivity contribution in [2.45, 2.75) is 0 Å². The van der Waals surface area contributed by atoms with Crippen LogP contribution >= 0.6 is 0 Å². The van der Waals surface area contributed by atoms with E-state index in [2.05, 4.69) is 16.4 Å². The highest BCUT2D eigenvalue weighted by Crippen LogP contribution is 2.33. The Hall–Kier alpha value is -3.26. The summed E-state index contributed by atoms with van der Waals surface area (Å²) >= 11 is 0. The summed E-state index contributed by atoms with van der Waals surface area (Å²) in [6.07, 6.45) is 1.57. The molecule has 1 heterocycles. The minimum Gasteiger partial charge on any atom is -0.494 e. The van der Waals surface area contributed by atoms with Crippen LogP contribution in [0.3, 0.4) is 0 Å². The average Bonchev–Trinajstić information content (AvgIpc) is 2.61. The van der Waals surface area contributed by atoms with Crippen LogP contribution in [0, 0.1) is 11.3 Å². The van der Waals surface area contributed by atoms with E-state index in [-0.39, 0.29) is 0 Å². The fourth-order valence-corrected chi connectivity index (χ4v) is 2.59. The lowest BCUT2D eigenvalue weighted by atomic mass is 10.1. The number of hydrogen-bond donors (Lipinski definition) is 1. The third kappa shape index (κ3) is 2.82. The normalized spacial score (nSPS) is 10.2. The number of fused-ring (bicyclic) bond motifs is 1. The summed E-state index contributed by atoms with van der Waals surface area (Å²) in [5, 5.41) is 13.7. The molecule has 0 bridgehead atoms. The summed E-state index contributed by atoms with van der Waals surface area (Å²) in [4.78, 5) is 6.41. The summed E-state index contributed by atoms with van der Waals surface area (Å²) in [5.41, 5.74) is 3.94. The molecular formula is C19H18N4O. The van der Waals surface area contributed by atoms with Gasteiger partial charge in [0, 0.05) is 37.1 Å². The van der Waals surface area contributed by atoms with Crippen molar-refractivity contribution < 1.29 is 4.74 Å². The Kier molecular flexibility index (Phi) is 4.21. The van der Waals surface area contributed by atoms with Crippen molar-refractivity contribution in [3.05, 3.63) is 54.2 Å². The third-order valence-electron chi connectivity index (χ3n) is 3.83. The third-order valence-corrected chi connectivity index (χ3v) is 3.83. The van der Waals surface area contributed by atoms with Gasteiger partial charge >= 0.3 is 0 Å². The topological polar surface area (TPSA) is 61.2 Å². The molecule has 0 fully saturated rings. The first kappa shape index (κ1) is 15.6. The van der Waals surface area contributed by atoms with E-state index >= 15 is 0 Å². The molecule has 24 heavy (non-hydrogen) atoms. The zero-order chi connectivity index (χ0) is 17.1. The summed E-state index contributed by atoms with van der Waals surface area (Å²) in [6, 6.07) is 15.9. The minimum absolute atomic E-state index is 0.492. The van der Waals surface area contributed by atoms with Crippen LogP contribution in [0.5, 0.6) is 5.75 Å². The second-order valence-corrected chi connectivity index (χ2v) is 5.58. The number of pyridine rings is 1. The predicted molar refractivity (Wildman–Crippen MR) is 97.1 cm³/mol. The van der Waals surface area contributed by atoms with Gasteiger partial charge in [-0.2, -0.15) is 5.26 Å². The van der Waals surface area contributed by atoms with Gasteiger partial charge in [-0.3, -0.25) is 4.98 Å². The van der Waals surface area contributed by atoms with Crippen molar-refractivity contribution in [3.8, 4) is 11.8 Å². The number of nitrogens with zero attached hydrogens (tertiary/aromatic N) is 3. The second kappa shape index (κ2) is 6.47. The maximum Gasteiger partial charge on any atom is 0.145 e. The van der Waals surface area contributed by atoms with E-state index in [1.165, 1.54) is 0 Å². The lowest BCUT2D eigenvalue weighted by Gasteiger charge is -2.16. The summed E-state index contributed by atoms with van der Waals surface area (Å²) in [6.45, 7) is 0. The first-order valence-corrected chi connectivity index (χ1v) is 7.54. The van der Waals surface area contributed by atoms with Crippen molar-refractivity contribution in [2.75, 3.05) is 31.4 Å². The molecule has 0 unspecified atom stereocenters. The van der Waals surface area contributed by atoms with Crippen molar-refractivity contribution in [1.82, 2.24) is 4.98 Å². The standard InChI is InChI=1S/C19H18N4O/c1-23(2)15-7-4-6-14(10-15)22-18-13(11-20)12-21-19-16(18)8-5-9-17(19)24-3/h4-10,12H,1-3H3,(H,21,22). The Morgan fingerprint density at radius 1 is 1.17 bits per heavy atom. The van der Waals surface area contributed by atoms with Crippen molar-refractivity contribution in [1.29, 1.82) is 5.26 Å². The van der Waals surface area contributed by atoms with E-state index < -0.39 is 0 Å². The smallest absolute Gasteiger partial charge is 0.145 e. The number of hydrogen-bond acceptors (Lipinski definition) is 5. The maximum absolute atomic E-state index is 9.46. The van der Waals surface area contributed by atoms with Gasteiger partial charge in [0.2, 0.25) is 0 Å². The quantitative estimate of drug-likeness (QED) is 0.790. The molecule has 120 valence electrons. The molecule has 0 saturated carbocycles. The molecule has 0 aliphatic rings. The zero-order valence-corrected chi connectivity index (χ0v) is 13.9. The lowest BCUT2D eigenvalue weighted by molar-refractivity contribution is 0.419. The highest BCUT2D eigenvalue weighted by atomic mass is 16.5. The van der Waals surface area contributed by atoms with E-state index in [1.807, 2.05) is 61.5 Å². The van der Waals surface area contributed by atoms with Gasteiger partial charge in [-0.1, -0.05) is 18.2 Å². The van der Waals surface area contributed by atoms with Crippen LogP contribution in [0.1, 0.15) is 5.56 Å². The number of aromatic nitrogens is 1. The van der Waals surface area contributed by atoms with Gasteiger partial charge in [-0.15, -0.1) is 0 Å². The Labute approximate surface area is 141 Å². The largest absolute Gasteiger partial charge is 0.494 e. The molecule has 5 heteroatoms. The number of rotatable bonds is 4. The number of benzene rings is 2. The van der Waals surface area contributed by atoms with Crippen LogP contribution in [-0.2, 0) is 0 Å². The number of anilines is 3. The van der Waals surface area contributed by atoms with E-state index in [0.717, 1.165) is 28.0 Å². The monoisotopic (exact) mass is 318 g/mol. The fraction of sp³-hybridized carbons (Fsp3) is 0.158. The van der Waals surface area contributed by atoms with E-state index in [4.69, 9.17) is 4.74 Å². The van der Waals surface area contributed by atoms with Gasteiger partial charge in [0.15, 0.2) is 0 Å². The minimum atomic E-state index is 0.492. The Bertz CT molecular complexity index is 928. The van der Waals surface area contributed by atoms with Crippen molar-refractivity contribution in [3.63, 3.8) is 0 Å². The van der Waals surface area contributed by atoms with E-state index in [0.29, 0.717) is 11.3 Å². The Morgan fingerprint density at radius 2 is 1.96 bits per heavy atom. The first-order chi connectivity index (χ1) is 11.6. The Balaban J connectivity index is 2.15. The molecule has 3 rings (SSSR count). The molecule has 5 nitrogen and oxygen atoms in total.